The summed E-state index contributed by atoms with van der Waals surface area (Å²) in [6, 6.07) is 9.27. The Morgan fingerprint density at radius 3 is 2.46 bits per heavy atom. The van der Waals surface area contributed by atoms with Crippen LogP contribution in [-0.2, 0) is 4.79 Å². The maximum atomic E-state index is 12.7. The third kappa shape index (κ3) is 4.72. The minimum Gasteiger partial charge on any atom is -0.490 e. The molecule has 0 unspecified atom stereocenters. The van der Waals surface area contributed by atoms with Crippen LogP contribution in [0.2, 0.25) is 0 Å². The van der Waals surface area contributed by atoms with Gasteiger partial charge in [0.15, 0.2) is 0 Å². The van der Waals surface area contributed by atoms with Crippen LogP contribution in [0, 0.1) is 11.3 Å². The average molecular weight is 329 g/mol. The summed E-state index contributed by atoms with van der Waals surface area (Å²) in [7, 11) is 3.94. The van der Waals surface area contributed by atoms with E-state index in [1.54, 1.807) is 12.1 Å². The number of ether oxygens (including phenoxy) is 1. The molecule has 1 amide bonds. The topological polar surface area (TPSA) is 56.6 Å². The normalized spacial score (nSPS) is 16.7. The molecule has 5 nitrogen and oxygen atoms in total. The van der Waals surface area contributed by atoms with Gasteiger partial charge in [-0.25, -0.2) is 0 Å². The molecule has 0 N–H and O–H groups in total. The predicted octanol–water partition coefficient (Wildman–Crippen LogP) is 2.66. The van der Waals surface area contributed by atoms with Gasteiger partial charge in [0, 0.05) is 25.9 Å². The number of amides is 1. The first-order chi connectivity index (χ1) is 11.5. The highest BCUT2D eigenvalue weighted by Gasteiger charge is 2.29. The van der Waals surface area contributed by atoms with Crippen LogP contribution in [0.3, 0.4) is 0 Å². The SMILES string of the molecule is CCC[C@H](C(=O)N1CCC(Oc2ccc(C#N)cc2)CC1)N(C)C. The van der Waals surface area contributed by atoms with Gasteiger partial charge in [0.25, 0.3) is 0 Å². The van der Waals surface area contributed by atoms with E-state index >= 15 is 0 Å². The second-order valence-corrected chi connectivity index (χ2v) is 6.55. The molecule has 1 aromatic carbocycles. The minimum absolute atomic E-state index is 0.0222. The molecule has 1 aromatic rings. The first-order valence-corrected chi connectivity index (χ1v) is 8.67. The number of hydrogen-bond donors (Lipinski definition) is 0. The lowest BCUT2D eigenvalue weighted by Gasteiger charge is -2.36. The molecule has 24 heavy (non-hydrogen) atoms. The van der Waals surface area contributed by atoms with E-state index in [1.165, 1.54) is 0 Å². The Kier molecular flexibility index (Phi) is 6.62. The lowest BCUT2D eigenvalue weighted by molar-refractivity contribution is -0.138. The van der Waals surface area contributed by atoms with Crippen LogP contribution < -0.4 is 4.74 Å². The number of nitriles is 1. The number of likely N-dealkylation sites (tertiary alicyclic amines) is 1. The second-order valence-electron chi connectivity index (χ2n) is 6.55. The van der Waals surface area contributed by atoms with E-state index in [0.717, 1.165) is 44.5 Å². The Balaban J connectivity index is 1.86. The van der Waals surface area contributed by atoms with Crippen molar-refractivity contribution in [3.63, 3.8) is 0 Å². The molecule has 1 saturated heterocycles. The zero-order valence-corrected chi connectivity index (χ0v) is 14.9. The predicted molar refractivity (Wildman–Crippen MR) is 93.8 cm³/mol. The van der Waals surface area contributed by atoms with E-state index in [-0.39, 0.29) is 18.1 Å². The van der Waals surface area contributed by atoms with E-state index in [1.807, 2.05) is 36.0 Å². The standard InChI is InChI=1S/C19H27N3O2/c1-4-5-18(21(2)3)19(23)22-12-10-17(11-13-22)24-16-8-6-15(14-20)7-9-16/h6-9,17-18H,4-5,10-13H2,1-3H3/t18-/m1/s1. The first-order valence-electron chi connectivity index (χ1n) is 8.67. The summed E-state index contributed by atoms with van der Waals surface area (Å²) in [5, 5.41) is 8.82. The van der Waals surface area contributed by atoms with Crippen LogP contribution in [0.1, 0.15) is 38.2 Å². The molecule has 0 saturated carbocycles. The van der Waals surface area contributed by atoms with Gasteiger partial charge < -0.3 is 9.64 Å². The lowest BCUT2D eigenvalue weighted by Crippen LogP contribution is -2.50. The zero-order chi connectivity index (χ0) is 17.5. The molecular weight excluding hydrogens is 302 g/mol. The number of carbonyl (C=O) groups is 1. The lowest BCUT2D eigenvalue weighted by atomic mass is 10.0. The molecule has 1 atom stereocenters. The van der Waals surface area contributed by atoms with E-state index in [0.29, 0.717) is 5.56 Å². The molecule has 1 heterocycles. The molecule has 0 radical (unpaired) electrons. The van der Waals surface area contributed by atoms with Crippen molar-refractivity contribution < 1.29 is 9.53 Å². The number of likely N-dealkylation sites (N-methyl/N-ethyl adjacent to an activating group) is 1. The van der Waals surface area contributed by atoms with Gasteiger partial charge in [-0.3, -0.25) is 9.69 Å². The number of nitrogens with zero attached hydrogens (tertiary/aromatic N) is 3. The fourth-order valence-corrected chi connectivity index (χ4v) is 3.08. The van der Waals surface area contributed by atoms with Crippen LogP contribution in [0.5, 0.6) is 5.75 Å². The van der Waals surface area contributed by atoms with Crippen molar-refractivity contribution in [1.29, 1.82) is 5.26 Å². The van der Waals surface area contributed by atoms with Crippen molar-refractivity contribution in [2.75, 3.05) is 27.2 Å². The molecule has 1 aliphatic heterocycles. The Morgan fingerprint density at radius 2 is 1.96 bits per heavy atom. The van der Waals surface area contributed by atoms with Crippen LogP contribution in [0.4, 0.5) is 0 Å². The van der Waals surface area contributed by atoms with Gasteiger partial charge in [-0.1, -0.05) is 13.3 Å². The van der Waals surface area contributed by atoms with Crippen LogP contribution >= 0.6 is 0 Å². The molecule has 1 aliphatic rings. The summed E-state index contributed by atoms with van der Waals surface area (Å²) in [6.45, 7) is 3.60. The van der Waals surface area contributed by atoms with Crippen LogP contribution in [-0.4, -0.2) is 55.0 Å². The maximum absolute atomic E-state index is 12.7. The summed E-state index contributed by atoms with van der Waals surface area (Å²) in [5.41, 5.74) is 0.633. The Bertz CT molecular complexity index is 569. The van der Waals surface area contributed by atoms with Crippen molar-refractivity contribution in [3.05, 3.63) is 29.8 Å². The number of carbonyl (C=O) groups excluding carboxylic acids is 1. The van der Waals surface area contributed by atoms with Crippen molar-refractivity contribution in [3.8, 4) is 11.8 Å². The fourth-order valence-electron chi connectivity index (χ4n) is 3.08. The van der Waals surface area contributed by atoms with Gasteiger partial charge in [-0.15, -0.1) is 0 Å². The smallest absolute Gasteiger partial charge is 0.239 e. The third-order valence-electron chi connectivity index (χ3n) is 4.51. The Hall–Kier alpha value is -2.06. The summed E-state index contributed by atoms with van der Waals surface area (Å²) in [5.74, 6) is 1.02. The van der Waals surface area contributed by atoms with Gasteiger partial charge in [0.05, 0.1) is 17.7 Å². The fraction of sp³-hybridized carbons (Fsp3) is 0.579. The number of benzene rings is 1. The quantitative estimate of drug-likeness (QED) is 0.805. The van der Waals surface area contributed by atoms with Crippen LogP contribution in [0.15, 0.2) is 24.3 Å². The van der Waals surface area contributed by atoms with Crippen molar-refractivity contribution in [2.24, 2.45) is 0 Å². The zero-order valence-electron chi connectivity index (χ0n) is 14.9. The van der Waals surface area contributed by atoms with E-state index in [9.17, 15) is 4.79 Å². The van der Waals surface area contributed by atoms with Crippen molar-refractivity contribution in [2.45, 2.75) is 44.8 Å². The highest BCUT2D eigenvalue weighted by atomic mass is 16.5. The number of piperidine rings is 1. The van der Waals surface area contributed by atoms with E-state index < -0.39 is 0 Å². The molecule has 0 aliphatic carbocycles. The summed E-state index contributed by atoms with van der Waals surface area (Å²) in [6.07, 6.45) is 3.72. The highest BCUT2D eigenvalue weighted by Crippen LogP contribution is 2.21. The average Bonchev–Trinajstić information content (AvgIpc) is 2.60. The minimum atomic E-state index is -0.0222. The number of hydrogen-bond acceptors (Lipinski definition) is 4. The summed E-state index contributed by atoms with van der Waals surface area (Å²) in [4.78, 5) is 16.7. The summed E-state index contributed by atoms with van der Waals surface area (Å²) < 4.78 is 5.98. The molecule has 1 fully saturated rings. The molecule has 5 heteroatoms. The molecule has 130 valence electrons. The van der Waals surface area contributed by atoms with Crippen LogP contribution in [0.25, 0.3) is 0 Å². The van der Waals surface area contributed by atoms with Gasteiger partial charge in [0.2, 0.25) is 5.91 Å². The molecule has 0 bridgehead atoms. The van der Waals surface area contributed by atoms with Gasteiger partial charge in [-0.2, -0.15) is 5.26 Å². The maximum Gasteiger partial charge on any atom is 0.239 e. The molecule has 2 rings (SSSR count). The summed E-state index contributed by atoms with van der Waals surface area (Å²) >= 11 is 0. The van der Waals surface area contributed by atoms with Gasteiger partial charge in [-0.05, 0) is 44.8 Å². The largest absolute Gasteiger partial charge is 0.490 e. The molecular formula is C19H27N3O2. The van der Waals surface area contributed by atoms with E-state index in [2.05, 4.69) is 13.0 Å². The Labute approximate surface area is 144 Å². The highest BCUT2D eigenvalue weighted by molar-refractivity contribution is 5.81. The van der Waals surface area contributed by atoms with Gasteiger partial charge in [0.1, 0.15) is 11.9 Å². The molecule has 0 aromatic heterocycles. The van der Waals surface area contributed by atoms with Crippen molar-refractivity contribution >= 4 is 5.91 Å². The first kappa shape index (κ1) is 18.3. The Morgan fingerprint density at radius 1 is 1.33 bits per heavy atom. The second kappa shape index (κ2) is 8.70. The third-order valence-corrected chi connectivity index (χ3v) is 4.51. The van der Waals surface area contributed by atoms with Crippen molar-refractivity contribution in [1.82, 2.24) is 9.80 Å². The van der Waals surface area contributed by atoms with E-state index in [4.69, 9.17) is 10.00 Å². The van der Waals surface area contributed by atoms with Gasteiger partial charge >= 0.3 is 0 Å². The number of rotatable bonds is 6. The molecule has 0 spiro atoms. The monoisotopic (exact) mass is 329 g/mol.